The van der Waals surface area contributed by atoms with Crippen LogP contribution in [0.3, 0.4) is 0 Å². The van der Waals surface area contributed by atoms with Gasteiger partial charge in [-0.3, -0.25) is 9.59 Å². The molecule has 2 rings (SSSR count). The first-order valence-corrected chi connectivity index (χ1v) is 6.60. The van der Waals surface area contributed by atoms with E-state index in [0.29, 0.717) is 6.42 Å². The minimum absolute atomic E-state index is 0.0590. The molecule has 5 nitrogen and oxygen atoms in total. The van der Waals surface area contributed by atoms with Crippen LogP contribution in [-0.4, -0.2) is 41.0 Å². The van der Waals surface area contributed by atoms with E-state index in [4.69, 9.17) is 0 Å². The molecule has 8 heteroatoms. The number of likely N-dealkylation sites (tertiary alicyclic amines) is 1. The van der Waals surface area contributed by atoms with Crippen LogP contribution < -0.4 is 5.32 Å². The fourth-order valence-corrected chi connectivity index (χ4v) is 2.18. The topological polar surface area (TPSA) is 69.6 Å². The molecule has 2 amide bonds. The van der Waals surface area contributed by atoms with Crippen molar-refractivity contribution in [3.05, 3.63) is 28.2 Å². The van der Waals surface area contributed by atoms with E-state index in [2.05, 4.69) is 15.9 Å². The highest BCUT2D eigenvalue weighted by Gasteiger charge is 2.29. The lowest BCUT2D eigenvalue weighted by Gasteiger charge is -2.15. The van der Waals surface area contributed by atoms with Crippen molar-refractivity contribution >= 4 is 33.4 Å². The van der Waals surface area contributed by atoms with E-state index in [1.165, 1.54) is 0 Å². The van der Waals surface area contributed by atoms with Crippen molar-refractivity contribution in [2.24, 2.45) is 0 Å². The number of aliphatic hydroxyl groups excluding tert-OH is 1. The maximum absolute atomic E-state index is 13.5. The molecule has 0 spiro atoms. The molecule has 1 atom stereocenters. The van der Waals surface area contributed by atoms with Crippen molar-refractivity contribution in [1.82, 2.24) is 4.90 Å². The van der Waals surface area contributed by atoms with Gasteiger partial charge in [0.25, 0.3) is 0 Å². The average Bonchev–Trinajstić information content (AvgIpc) is 2.81. The van der Waals surface area contributed by atoms with Crippen LogP contribution in [0.4, 0.5) is 14.5 Å². The smallest absolute Gasteiger partial charge is 0.313 e. The number of rotatable bonds is 1. The number of hydrogen-bond acceptors (Lipinski definition) is 3. The van der Waals surface area contributed by atoms with Gasteiger partial charge in [0, 0.05) is 19.2 Å². The van der Waals surface area contributed by atoms with Crippen LogP contribution in [0.1, 0.15) is 6.42 Å². The summed E-state index contributed by atoms with van der Waals surface area (Å²) in [4.78, 5) is 24.6. The third kappa shape index (κ3) is 3.13. The van der Waals surface area contributed by atoms with Crippen molar-refractivity contribution in [2.75, 3.05) is 18.4 Å². The number of β-amino-alcohol motifs (C(OH)–C–C–N with tert-alkyl or cyclic N) is 1. The Bertz CT molecular complexity index is 568. The van der Waals surface area contributed by atoms with E-state index in [9.17, 15) is 23.5 Å². The Kier molecular flexibility index (Phi) is 4.34. The quantitative estimate of drug-likeness (QED) is 0.593. The van der Waals surface area contributed by atoms with Gasteiger partial charge in [0.1, 0.15) is 11.6 Å². The summed E-state index contributed by atoms with van der Waals surface area (Å²) in [6.07, 6.45) is -0.270. The van der Waals surface area contributed by atoms with Gasteiger partial charge in [0.2, 0.25) is 0 Å². The molecular formula is C12H11BrF2N2O3. The highest BCUT2D eigenvalue weighted by molar-refractivity contribution is 9.10. The van der Waals surface area contributed by atoms with E-state index in [1.54, 1.807) is 0 Å². The summed E-state index contributed by atoms with van der Waals surface area (Å²) in [5.74, 6) is -3.57. The number of anilines is 1. The first kappa shape index (κ1) is 14.9. The standard InChI is InChI=1S/C12H11BrF2N2O3/c13-7-3-9(15)10(4-8(7)14)16-11(19)12(20)17-2-1-6(18)5-17/h3-4,6,18H,1-2,5H2,(H,16,19)/t6-/m0/s1. The molecule has 1 aromatic carbocycles. The second-order valence-electron chi connectivity index (χ2n) is 4.39. The summed E-state index contributed by atoms with van der Waals surface area (Å²) >= 11 is 2.81. The van der Waals surface area contributed by atoms with Crippen molar-refractivity contribution in [1.29, 1.82) is 0 Å². The maximum Gasteiger partial charge on any atom is 0.313 e. The van der Waals surface area contributed by atoms with Crippen LogP contribution in [0, 0.1) is 11.6 Å². The zero-order valence-electron chi connectivity index (χ0n) is 10.2. The molecule has 0 saturated carbocycles. The molecular weight excluding hydrogens is 338 g/mol. The van der Waals surface area contributed by atoms with Crippen molar-refractivity contribution in [3.63, 3.8) is 0 Å². The first-order chi connectivity index (χ1) is 9.38. The fraction of sp³-hybridized carbons (Fsp3) is 0.333. The molecule has 0 bridgehead atoms. The highest BCUT2D eigenvalue weighted by Crippen LogP contribution is 2.23. The van der Waals surface area contributed by atoms with Crippen LogP contribution in [0.15, 0.2) is 16.6 Å². The van der Waals surface area contributed by atoms with Gasteiger partial charge >= 0.3 is 11.8 Å². The predicted molar refractivity (Wildman–Crippen MR) is 69.9 cm³/mol. The van der Waals surface area contributed by atoms with Gasteiger partial charge in [-0.05, 0) is 28.4 Å². The van der Waals surface area contributed by atoms with E-state index in [-0.39, 0.29) is 17.6 Å². The van der Waals surface area contributed by atoms with Crippen LogP contribution in [0.2, 0.25) is 0 Å². The highest BCUT2D eigenvalue weighted by atomic mass is 79.9. The lowest BCUT2D eigenvalue weighted by atomic mass is 10.3. The molecule has 1 fully saturated rings. The monoisotopic (exact) mass is 348 g/mol. The molecule has 20 heavy (non-hydrogen) atoms. The van der Waals surface area contributed by atoms with E-state index >= 15 is 0 Å². The van der Waals surface area contributed by atoms with E-state index in [0.717, 1.165) is 17.0 Å². The van der Waals surface area contributed by atoms with Gasteiger partial charge in [0.05, 0.1) is 16.3 Å². The molecule has 0 unspecified atom stereocenters. The zero-order valence-corrected chi connectivity index (χ0v) is 11.8. The molecule has 2 N–H and O–H groups in total. The molecule has 1 aliphatic heterocycles. The average molecular weight is 349 g/mol. The fourth-order valence-electron chi connectivity index (χ4n) is 1.86. The van der Waals surface area contributed by atoms with E-state index in [1.807, 2.05) is 5.32 Å². The van der Waals surface area contributed by atoms with Crippen molar-refractivity contribution in [2.45, 2.75) is 12.5 Å². The number of hydrogen-bond donors (Lipinski definition) is 2. The summed E-state index contributed by atoms with van der Waals surface area (Å²) in [5.41, 5.74) is -0.413. The molecule has 0 radical (unpaired) electrons. The van der Waals surface area contributed by atoms with Crippen molar-refractivity contribution in [3.8, 4) is 0 Å². The third-order valence-corrected chi connectivity index (χ3v) is 3.51. The summed E-state index contributed by atoms with van der Waals surface area (Å²) in [6, 6.07) is 1.64. The predicted octanol–water partition coefficient (Wildman–Crippen LogP) is 1.26. The Morgan fingerprint density at radius 1 is 1.35 bits per heavy atom. The normalized spacial score (nSPS) is 18.2. The summed E-state index contributed by atoms with van der Waals surface area (Å²) < 4.78 is 26.7. The number of halogens is 3. The molecule has 1 saturated heterocycles. The van der Waals surface area contributed by atoms with Crippen LogP contribution in [0.25, 0.3) is 0 Å². The van der Waals surface area contributed by atoms with E-state index < -0.39 is 35.2 Å². The number of amides is 2. The zero-order chi connectivity index (χ0) is 14.9. The number of aliphatic hydroxyl groups is 1. The molecule has 0 aromatic heterocycles. The van der Waals surface area contributed by atoms with Gasteiger partial charge in [-0.2, -0.15) is 0 Å². The molecule has 108 valence electrons. The number of nitrogens with zero attached hydrogens (tertiary/aromatic N) is 1. The first-order valence-electron chi connectivity index (χ1n) is 5.81. The van der Waals surface area contributed by atoms with Gasteiger partial charge in [-0.15, -0.1) is 0 Å². The van der Waals surface area contributed by atoms with Crippen LogP contribution in [0.5, 0.6) is 0 Å². The Balaban J connectivity index is 2.08. The second-order valence-corrected chi connectivity index (χ2v) is 5.25. The molecule has 0 aliphatic carbocycles. The second kappa shape index (κ2) is 5.84. The number of carbonyl (C=O) groups excluding carboxylic acids is 2. The molecule has 1 aliphatic rings. The largest absolute Gasteiger partial charge is 0.391 e. The minimum atomic E-state index is -1.07. The van der Waals surface area contributed by atoms with Gasteiger partial charge in [-0.25, -0.2) is 8.78 Å². The van der Waals surface area contributed by atoms with Crippen molar-refractivity contribution < 1.29 is 23.5 Å². The Morgan fingerprint density at radius 3 is 2.65 bits per heavy atom. The summed E-state index contributed by atoms with van der Waals surface area (Å²) in [5, 5.41) is 11.3. The Morgan fingerprint density at radius 2 is 2.05 bits per heavy atom. The number of benzene rings is 1. The van der Waals surface area contributed by atoms with Crippen LogP contribution in [-0.2, 0) is 9.59 Å². The number of carbonyl (C=O) groups is 2. The van der Waals surface area contributed by atoms with Gasteiger partial charge < -0.3 is 15.3 Å². The minimum Gasteiger partial charge on any atom is -0.391 e. The van der Waals surface area contributed by atoms with Crippen LogP contribution >= 0.6 is 15.9 Å². The lowest BCUT2D eigenvalue weighted by Crippen LogP contribution is -2.38. The third-order valence-electron chi connectivity index (χ3n) is 2.90. The molecule has 1 aromatic rings. The number of nitrogens with one attached hydrogen (secondary N) is 1. The SMILES string of the molecule is O=C(Nc1cc(F)c(Br)cc1F)C(=O)N1CC[C@H](O)C1. The van der Waals surface area contributed by atoms with Gasteiger partial charge in [-0.1, -0.05) is 0 Å². The Labute approximate surface area is 121 Å². The maximum atomic E-state index is 13.5. The molecule has 1 heterocycles. The summed E-state index contributed by atoms with van der Waals surface area (Å²) in [7, 11) is 0. The lowest BCUT2D eigenvalue weighted by molar-refractivity contribution is -0.142. The Hall–Kier alpha value is -1.54. The van der Waals surface area contributed by atoms with Gasteiger partial charge in [0.15, 0.2) is 0 Å². The summed E-state index contributed by atoms with van der Waals surface area (Å²) in [6.45, 7) is 0.314.